The topological polar surface area (TPSA) is 111 Å². The summed E-state index contributed by atoms with van der Waals surface area (Å²) in [4.78, 5) is 47.3. The van der Waals surface area contributed by atoms with Gasteiger partial charge in [-0.05, 0) is 17.5 Å². The van der Waals surface area contributed by atoms with E-state index in [1.165, 1.54) is 6.92 Å². The van der Waals surface area contributed by atoms with Gasteiger partial charge in [0.25, 0.3) is 0 Å². The molecule has 0 saturated heterocycles. The van der Waals surface area contributed by atoms with Gasteiger partial charge in [0.2, 0.25) is 11.8 Å². The molecule has 30 heavy (non-hydrogen) atoms. The van der Waals surface area contributed by atoms with E-state index in [1.54, 1.807) is 24.3 Å². The number of amides is 3. The lowest BCUT2D eigenvalue weighted by molar-refractivity contribution is -0.147. The number of rotatable bonds is 9. The van der Waals surface area contributed by atoms with Crippen molar-refractivity contribution >= 4 is 23.9 Å². The Kier molecular flexibility index (Phi) is 9.05. The molecule has 0 fully saturated rings. The minimum absolute atomic E-state index is 0.0244. The van der Waals surface area contributed by atoms with Gasteiger partial charge in [0.05, 0.1) is 0 Å². The fourth-order valence-corrected chi connectivity index (χ4v) is 2.52. The molecule has 2 aromatic rings. The maximum Gasteiger partial charge on any atom is 0.408 e. The number of imide groups is 1. The summed E-state index contributed by atoms with van der Waals surface area (Å²) in [7, 11) is 0. The molecule has 2 rings (SSSR count). The SMILES string of the molecule is CC(=O)NC(=O)CC[C@H](NC(=O)OCc1ccccc1)C(=O)OCc1ccccc1. The molecule has 8 nitrogen and oxygen atoms in total. The molecule has 0 heterocycles. The van der Waals surface area contributed by atoms with Crippen LogP contribution in [-0.4, -0.2) is 29.9 Å². The van der Waals surface area contributed by atoms with Crippen molar-refractivity contribution in [1.29, 1.82) is 0 Å². The predicted octanol–water partition coefficient (Wildman–Crippen LogP) is 2.47. The van der Waals surface area contributed by atoms with Crippen LogP contribution in [0.3, 0.4) is 0 Å². The Bertz CT molecular complexity index is 854. The Morgan fingerprint density at radius 2 is 1.37 bits per heavy atom. The third kappa shape index (κ3) is 8.55. The molecule has 1 atom stereocenters. The molecule has 0 saturated carbocycles. The van der Waals surface area contributed by atoms with E-state index in [4.69, 9.17) is 9.47 Å². The number of ether oxygens (including phenoxy) is 2. The van der Waals surface area contributed by atoms with Crippen molar-refractivity contribution in [3.05, 3.63) is 71.8 Å². The minimum Gasteiger partial charge on any atom is -0.459 e. The van der Waals surface area contributed by atoms with Crippen LogP contribution in [0.2, 0.25) is 0 Å². The predicted molar refractivity (Wildman–Crippen MR) is 108 cm³/mol. The van der Waals surface area contributed by atoms with Gasteiger partial charge in [0, 0.05) is 13.3 Å². The Labute approximate surface area is 174 Å². The van der Waals surface area contributed by atoms with Crippen LogP contribution in [0.25, 0.3) is 0 Å². The van der Waals surface area contributed by atoms with E-state index in [0.717, 1.165) is 11.1 Å². The third-order valence-electron chi connectivity index (χ3n) is 3.99. The third-order valence-corrected chi connectivity index (χ3v) is 3.99. The van der Waals surface area contributed by atoms with Crippen LogP contribution in [0.5, 0.6) is 0 Å². The van der Waals surface area contributed by atoms with Gasteiger partial charge in [0.15, 0.2) is 0 Å². The van der Waals surface area contributed by atoms with Gasteiger partial charge in [-0.25, -0.2) is 9.59 Å². The maximum atomic E-state index is 12.5. The minimum atomic E-state index is -1.10. The molecule has 0 spiro atoms. The highest BCUT2D eigenvalue weighted by Crippen LogP contribution is 2.07. The van der Waals surface area contributed by atoms with Crippen LogP contribution in [-0.2, 0) is 37.1 Å². The van der Waals surface area contributed by atoms with E-state index in [-0.39, 0.29) is 26.1 Å². The van der Waals surface area contributed by atoms with Crippen molar-refractivity contribution in [2.45, 2.75) is 39.0 Å². The fraction of sp³-hybridized carbons (Fsp3) is 0.273. The van der Waals surface area contributed by atoms with Gasteiger partial charge in [-0.2, -0.15) is 0 Å². The smallest absolute Gasteiger partial charge is 0.408 e. The molecule has 3 amide bonds. The molecule has 0 bridgehead atoms. The first-order valence-corrected chi connectivity index (χ1v) is 9.42. The van der Waals surface area contributed by atoms with Gasteiger partial charge in [-0.15, -0.1) is 0 Å². The number of benzene rings is 2. The quantitative estimate of drug-likeness (QED) is 0.612. The number of carbonyl (C=O) groups excluding carboxylic acids is 4. The van der Waals surface area contributed by atoms with Crippen molar-refractivity contribution < 1.29 is 28.7 Å². The Morgan fingerprint density at radius 1 is 0.833 bits per heavy atom. The maximum absolute atomic E-state index is 12.5. The van der Waals surface area contributed by atoms with Crippen molar-refractivity contribution in [2.75, 3.05) is 0 Å². The molecule has 2 N–H and O–H groups in total. The van der Waals surface area contributed by atoms with Crippen LogP contribution in [0.15, 0.2) is 60.7 Å². The normalized spacial score (nSPS) is 11.1. The number of hydrogen-bond donors (Lipinski definition) is 2. The lowest BCUT2D eigenvalue weighted by atomic mass is 10.1. The second-order valence-corrected chi connectivity index (χ2v) is 6.50. The van der Waals surface area contributed by atoms with E-state index in [1.807, 2.05) is 36.4 Å². The molecule has 0 unspecified atom stereocenters. The standard InChI is InChI=1S/C22H24N2O6/c1-16(25)23-20(26)13-12-19(21(27)29-14-17-8-4-2-5-9-17)24-22(28)30-15-18-10-6-3-7-11-18/h2-11,19H,12-15H2,1H3,(H,24,28)(H,23,25,26)/t19-/m0/s1. The van der Waals surface area contributed by atoms with Gasteiger partial charge < -0.3 is 14.8 Å². The summed E-state index contributed by atoms with van der Waals surface area (Å²) in [5.74, 6) is -1.76. The highest BCUT2D eigenvalue weighted by molar-refractivity contribution is 5.94. The first-order chi connectivity index (χ1) is 14.4. The molecule has 8 heteroatoms. The number of nitrogens with one attached hydrogen (secondary N) is 2. The molecular formula is C22H24N2O6. The van der Waals surface area contributed by atoms with E-state index in [9.17, 15) is 19.2 Å². The van der Waals surface area contributed by atoms with Crippen LogP contribution in [0, 0.1) is 0 Å². The van der Waals surface area contributed by atoms with Crippen LogP contribution in [0.1, 0.15) is 30.9 Å². The second-order valence-electron chi connectivity index (χ2n) is 6.50. The summed E-state index contributed by atoms with van der Waals surface area (Å²) in [6.45, 7) is 1.27. The van der Waals surface area contributed by atoms with E-state index < -0.39 is 29.9 Å². The monoisotopic (exact) mass is 412 g/mol. The highest BCUT2D eigenvalue weighted by atomic mass is 16.6. The number of hydrogen-bond acceptors (Lipinski definition) is 6. The first-order valence-electron chi connectivity index (χ1n) is 9.42. The lowest BCUT2D eigenvalue weighted by Gasteiger charge is -2.17. The van der Waals surface area contributed by atoms with Crippen LogP contribution < -0.4 is 10.6 Å². The van der Waals surface area contributed by atoms with Crippen molar-refractivity contribution in [1.82, 2.24) is 10.6 Å². The summed E-state index contributed by atoms with van der Waals surface area (Å²) in [5, 5.41) is 4.55. The zero-order valence-corrected chi connectivity index (χ0v) is 16.6. The molecule has 0 radical (unpaired) electrons. The molecule has 158 valence electrons. The number of carbonyl (C=O) groups is 4. The zero-order valence-electron chi connectivity index (χ0n) is 16.6. The number of alkyl carbamates (subject to hydrolysis) is 1. The van der Waals surface area contributed by atoms with Gasteiger partial charge in [-0.3, -0.25) is 14.9 Å². The van der Waals surface area contributed by atoms with Crippen molar-refractivity contribution in [3.8, 4) is 0 Å². The second kappa shape index (κ2) is 12.0. The Morgan fingerprint density at radius 3 is 1.90 bits per heavy atom. The summed E-state index contributed by atoms with van der Waals surface area (Å²) in [6.07, 6.45) is -1.01. The van der Waals surface area contributed by atoms with Gasteiger partial charge in [0.1, 0.15) is 19.3 Å². The summed E-state index contributed by atoms with van der Waals surface area (Å²) < 4.78 is 10.4. The fourth-order valence-electron chi connectivity index (χ4n) is 2.52. The molecule has 0 aliphatic heterocycles. The Hall–Kier alpha value is -3.68. The van der Waals surface area contributed by atoms with Crippen molar-refractivity contribution in [2.24, 2.45) is 0 Å². The Balaban J connectivity index is 1.92. The van der Waals surface area contributed by atoms with E-state index in [0.29, 0.717) is 0 Å². The summed E-state index contributed by atoms with van der Waals surface area (Å²) in [5.41, 5.74) is 1.57. The molecule has 0 aliphatic carbocycles. The van der Waals surface area contributed by atoms with Crippen LogP contribution in [0.4, 0.5) is 4.79 Å². The van der Waals surface area contributed by atoms with Crippen LogP contribution >= 0.6 is 0 Å². The molecule has 0 aromatic heterocycles. The first kappa shape index (κ1) is 22.6. The average molecular weight is 412 g/mol. The lowest BCUT2D eigenvalue weighted by Crippen LogP contribution is -2.43. The average Bonchev–Trinajstić information content (AvgIpc) is 2.74. The molecular weight excluding hydrogens is 388 g/mol. The van der Waals surface area contributed by atoms with Gasteiger partial charge >= 0.3 is 12.1 Å². The zero-order chi connectivity index (χ0) is 21.8. The largest absolute Gasteiger partial charge is 0.459 e. The summed E-state index contributed by atoms with van der Waals surface area (Å²) in [6, 6.07) is 17.0. The molecule has 2 aromatic carbocycles. The van der Waals surface area contributed by atoms with Crippen molar-refractivity contribution in [3.63, 3.8) is 0 Å². The van der Waals surface area contributed by atoms with Gasteiger partial charge in [-0.1, -0.05) is 60.7 Å². The van der Waals surface area contributed by atoms with E-state index >= 15 is 0 Å². The number of esters is 1. The highest BCUT2D eigenvalue weighted by Gasteiger charge is 2.24. The van der Waals surface area contributed by atoms with E-state index in [2.05, 4.69) is 10.6 Å². The summed E-state index contributed by atoms with van der Waals surface area (Å²) >= 11 is 0. The molecule has 0 aliphatic rings.